The Morgan fingerprint density at radius 2 is 1.32 bits per heavy atom. The summed E-state index contributed by atoms with van der Waals surface area (Å²) in [5, 5.41) is 3.37. The first-order valence-corrected chi connectivity index (χ1v) is 14.8. The predicted molar refractivity (Wildman–Crippen MR) is 176 cm³/mol. The topological polar surface area (TPSA) is 69.4 Å². The summed E-state index contributed by atoms with van der Waals surface area (Å²) < 4.78 is 2.25. The van der Waals surface area contributed by atoms with Crippen LogP contribution in [0.5, 0.6) is 0 Å². The molecule has 0 aliphatic heterocycles. The SMILES string of the molecule is CC1(C)c2cc3ncncc3cc2-c2ccc3c4ccccc4n(-c4nc(-c5ccccc5)nc(-c5ccccc5)n4)c3c21. The predicted octanol–water partition coefficient (Wildman–Crippen LogP) is 8.55. The highest BCUT2D eigenvalue weighted by Gasteiger charge is 2.39. The summed E-state index contributed by atoms with van der Waals surface area (Å²) in [5.74, 6) is 1.88. The van der Waals surface area contributed by atoms with Gasteiger partial charge in [0.1, 0.15) is 6.33 Å². The van der Waals surface area contributed by atoms with E-state index in [2.05, 4.69) is 76.9 Å². The van der Waals surface area contributed by atoms with Crippen LogP contribution in [-0.2, 0) is 5.41 Å². The number of aromatic nitrogens is 6. The second-order valence-corrected chi connectivity index (χ2v) is 11.9. The molecule has 5 aromatic carbocycles. The molecule has 208 valence electrons. The Morgan fingerprint density at radius 1 is 0.636 bits per heavy atom. The normalized spacial score (nSPS) is 13.4. The lowest BCUT2D eigenvalue weighted by molar-refractivity contribution is 0.664. The summed E-state index contributed by atoms with van der Waals surface area (Å²) in [7, 11) is 0. The van der Waals surface area contributed by atoms with Crippen LogP contribution in [-0.4, -0.2) is 29.5 Å². The number of hydrogen-bond acceptors (Lipinski definition) is 5. The molecular formula is C38H26N6. The minimum atomic E-state index is -0.299. The first-order chi connectivity index (χ1) is 21.6. The molecule has 3 aromatic heterocycles. The van der Waals surface area contributed by atoms with Gasteiger partial charge in [0, 0.05) is 38.9 Å². The third kappa shape index (κ3) is 3.51. The summed E-state index contributed by atoms with van der Waals surface area (Å²) in [6, 6.07) is 37.8. The fourth-order valence-corrected chi connectivity index (χ4v) is 6.92. The van der Waals surface area contributed by atoms with Gasteiger partial charge in [0.15, 0.2) is 11.6 Å². The third-order valence-electron chi connectivity index (χ3n) is 8.96. The van der Waals surface area contributed by atoms with E-state index in [0.29, 0.717) is 17.6 Å². The van der Waals surface area contributed by atoms with Crippen molar-refractivity contribution in [2.75, 3.05) is 0 Å². The molecule has 0 unspecified atom stereocenters. The van der Waals surface area contributed by atoms with Crippen LogP contribution in [0.2, 0.25) is 0 Å². The Labute approximate surface area is 253 Å². The maximum Gasteiger partial charge on any atom is 0.238 e. The molecule has 9 rings (SSSR count). The van der Waals surface area contributed by atoms with Gasteiger partial charge in [0.05, 0.1) is 16.6 Å². The zero-order valence-corrected chi connectivity index (χ0v) is 24.2. The lowest BCUT2D eigenvalue weighted by Gasteiger charge is -2.23. The van der Waals surface area contributed by atoms with Crippen molar-refractivity contribution in [2.24, 2.45) is 0 Å². The van der Waals surface area contributed by atoms with E-state index < -0.39 is 0 Å². The number of hydrogen-bond donors (Lipinski definition) is 0. The molecule has 0 saturated carbocycles. The standard InChI is InChI=1S/C38H26N6/c1-38(2)30-20-31-25(21-39-22-40-31)19-29(30)27-17-18-28-26-15-9-10-16-32(26)44(34(28)33(27)38)37-42-35(23-11-5-3-6-12-23)41-36(43-37)24-13-7-4-8-14-24/h3-22H,1-2H3. The molecule has 0 saturated heterocycles. The molecule has 3 heterocycles. The van der Waals surface area contributed by atoms with Gasteiger partial charge in [-0.25, -0.2) is 15.0 Å². The molecule has 1 aliphatic rings. The van der Waals surface area contributed by atoms with Gasteiger partial charge in [-0.15, -0.1) is 0 Å². The van der Waals surface area contributed by atoms with Gasteiger partial charge < -0.3 is 0 Å². The van der Waals surface area contributed by atoms with Crippen molar-refractivity contribution in [3.05, 3.63) is 133 Å². The van der Waals surface area contributed by atoms with Crippen LogP contribution < -0.4 is 0 Å². The summed E-state index contributed by atoms with van der Waals surface area (Å²) in [5.41, 5.74) is 9.67. The number of fused-ring (bicyclic) bond motifs is 8. The molecule has 0 atom stereocenters. The Hall–Kier alpha value is -5.75. The van der Waals surface area contributed by atoms with Crippen LogP contribution >= 0.6 is 0 Å². The minimum absolute atomic E-state index is 0.299. The Bertz CT molecular complexity index is 2350. The Balaban J connectivity index is 1.40. The van der Waals surface area contributed by atoms with Crippen molar-refractivity contribution in [1.29, 1.82) is 0 Å². The van der Waals surface area contributed by atoms with Gasteiger partial charge in [-0.2, -0.15) is 9.97 Å². The van der Waals surface area contributed by atoms with Crippen LogP contribution in [0.15, 0.2) is 122 Å². The van der Waals surface area contributed by atoms with Crippen LogP contribution in [0.25, 0.3) is 72.6 Å². The molecule has 0 N–H and O–H groups in total. The van der Waals surface area contributed by atoms with Gasteiger partial charge in [0.2, 0.25) is 5.95 Å². The zero-order valence-electron chi connectivity index (χ0n) is 24.2. The van der Waals surface area contributed by atoms with Gasteiger partial charge in [0.25, 0.3) is 0 Å². The molecule has 8 aromatic rings. The van der Waals surface area contributed by atoms with Crippen molar-refractivity contribution in [1.82, 2.24) is 29.5 Å². The average molecular weight is 567 g/mol. The zero-order chi connectivity index (χ0) is 29.4. The Morgan fingerprint density at radius 3 is 2.05 bits per heavy atom. The molecule has 0 fully saturated rings. The Kier molecular flexibility index (Phi) is 5.14. The van der Waals surface area contributed by atoms with Crippen LogP contribution in [0.3, 0.4) is 0 Å². The average Bonchev–Trinajstić information content (AvgIpc) is 3.53. The highest BCUT2D eigenvalue weighted by Crippen LogP contribution is 2.53. The number of rotatable bonds is 3. The molecule has 0 bridgehead atoms. The highest BCUT2D eigenvalue weighted by atomic mass is 15.2. The van der Waals surface area contributed by atoms with E-state index in [1.165, 1.54) is 27.6 Å². The third-order valence-corrected chi connectivity index (χ3v) is 8.96. The van der Waals surface area contributed by atoms with E-state index in [-0.39, 0.29) is 5.41 Å². The van der Waals surface area contributed by atoms with Crippen LogP contribution in [0.4, 0.5) is 0 Å². The van der Waals surface area contributed by atoms with Crippen molar-refractivity contribution in [3.63, 3.8) is 0 Å². The summed E-state index contributed by atoms with van der Waals surface area (Å²) >= 11 is 0. The van der Waals surface area contributed by atoms with Crippen molar-refractivity contribution < 1.29 is 0 Å². The van der Waals surface area contributed by atoms with E-state index in [4.69, 9.17) is 15.0 Å². The van der Waals surface area contributed by atoms with Gasteiger partial charge in [-0.3, -0.25) is 4.57 Å². The van der Waals surface area contributed by atoms with Crippen LogP contribution in [0, 0.1) is 0 Å². The van der Waals surface area contributed by atoms with E-state index in [1.807, 2.05) is 66.9 Å². The smallest absolute Gasteiger partial charge is 0.238 e. The highest BCUT2D eigenvalue weighted by molar-refractivity contribution is 6.13. The van der Waals surface area contributed by atoms with E-state index in [9.17, 15) is 0 Å². The monoisotopic (exact) mass is 566 g/mol. The summed E-state index contributed by atoms with van der Waals surface area (Å²) in [6.45, 7) is 4.62. The lowest BCUT2D eigenvalue weighted by Crippen LogP contribution is -2.17. The quantitative estimate of drug-likeness (QED) is 0.214. The lowest BCUT2D eigenvalue weighted by atomic mass is 9.81. The number of nitrogens with zero attached hydrogens (tertiary/aromatic N) is 6. The number of para-hydroxylation sites is 1. The second-order valence-electron chi connectivity index (χ2n) is 11.9. The van der Waals surface area contributed by atoms with Crippen molar-refractivity contribution in [3.8, 4) is 39.9 Å². The first-order valence-electron chi connectivity index (χ1n) is 14.8. The van der Waals surface area contributed by atoms with E-state index >= 15 is 0 Å². The number of benzene rings is 5. The van der Waals surface area contributed by atoms with Crippen molar-refractivity contribution in [2.45, 2.75) is 19.3 Å². The van der Waals surface area contributed by atoms with E-state index in [0.717, 1.165) is 38.4 Å². The molecule has 0 radical (unpaired) electrons. The van der Waals surface area contributed by atoms with E-state index in [1.54, 1.807) is 6.33 Å². The van der Waals surface area contributed by atoms with Crippen molar-refractivity contribution >= 4 is 32.7 Å². The largest absolute Gasteiger partial charge is 0.277 e. The second kappa shape index (κ2) is 9.12. The maximum atomic E-state index is 5.16. The molecule has 44 heavy (non-hydrogen) atoms. The van der Waals surface area contributed by atoms with Gasteiger partial charge in [-0.05, 0) is 40.5 Å². The molecule has 6 heteroatoms. The molecule has 0 spiro atoms. The first kappa shape index (κ1) is 24.8. The van der Waals surface area contributed by atoms with Crippen LogP contribution in [0.1, 0.15) is 25.0 Å². The fourth-order valence-electron chi connectivity index (χ4n) is 6.92. The maximum absolute atomic E-state index is 5.16. The molecule has 6 nitrogen and oxygen atoms in total. The molecule has 1 aliphatic carbocycles. The van der Waals surface area contributed by atoms with Gasteiger partial charge >= 0.3 is 0 Å². The fraction of sp³-hybridized carbons (Fsp3) is 0.0789. The minimum Gasteiger partial charge on any atom is -0.277 e. The summed E-state index contributed by atoms with van der Waals surface area (Å²) in [6.07, 6.45) is 3.51. The van der Waals surface area contributed by atoms with Gasteiger partial charge in [-0.1, -0.05) is 105 Å². The summed E-state index contributed by atoms with van der Waals surface area (Å²) in [4.78, 5) is 24.2. The molecular weight excluding hydrogens is 540 g/mol. The molecule has 0 amide bonds.